The van der Waals surface area contributed by atoms with E-state index in [0.717, 1.165) is 31.5 Å². The molecule has 1 fully saturated rings. The maximum Gasteiger partial charge on any atom is 0.0920 e. The summed E-state index contributed by atoms with van der Waals surface area (Å²) in [5.74, 6) is 0. The predicted molar refractivity (Wildman–Crippen MR) is 57.2 cm³/mol. The second kappa shape index (κ2) is 3.71. The van der Waals surface area contributed by atoms with E-state index in [2.05, 4.69) is 24.4 Å². The van der Waals surface area contributed by atoms with Gasteiger partial charge in [-0.1, -0.05) is 29.8 Å². The predicted octanol–water partition coefficient (Wildman–Crippen LogP) is 1.57. The van der Waals surface area contributed by atoms with E-state index in [4.69, 9.17) is 0 Å². The first-order chi connectivity index (χ1) is 6.71. The molecule has 76 valence electrons. The molecule has 0 amide bonds. The minimum atomic E-state index is -0.600. The van der Waals surface area contributed by atoms with Gasteiger partial charge >= 0.3 is 0 Å². The molecule has 2 rings (SSSR count). The smallest absolute Gasteiger partial charge is 0.0920 e. The van der Waals surface area contributed by atoms with Gasteiger partial charge in [-0.05, 0) is 38.4 Å². The van der Waals surface area contributed by atoms with Crippen molar-refractivity contribution < 1.29 is 5.11 Å². The number of rotatable bonds is 1. The van der Waals surface area contributed by atoms with Crippen molar-refractivity contribution in [1.29, 1.82) is 0 Å². The molecule has 14 heavy (non-hydrogen) atoms. The molecule has 1 aliphatic heterocycles. The van der Waals surface area contributed by atoms with Crippen LogP contribution in [0.15, 0.2) is 24.3 Å². The highest BCUT2D eigenvalue weighted by atomic mass is 16.3. The van der Waals surface area contributed by atoms with Crippen molar-refractivity contribution in [2.75, 3.05) is 13.1 Å². The summed E-state index contributed by atoms with van der Waals surface area (Å²) in [6, 6.07) is 8.20. The molecule has 2 nitrogen and oxygen atoms in total. The van der Waals surface area contributed by atoms with E-state index in [1.165, 1.54) is 5.56 Å². The molecular formula is C12H17NO. The lowest BCUT2D eigenvalue weighted by Crippen LogP contribution is -2.39. The lowest BCUT2D eigenvalue weighted by Gasteiger charge is -2.33. The van der Waals surface area contributed by atoms with Gasteiger partial charge in [0.2, 0.25) is 0 Å². The first-order valence-corrected chi connectivity index (χ1v) is 5.21. The van der Waals surface area contributed by atoms with Gasteiger partial charge in [0.15, 0.2) is 0 Å². The minimum Gasteiger partial charge on any atom is -0.385 e. The van der Waals surface area contributed by atoms with Crippen LogP contribution in [-0.2, 0) is 5.60 Å². The molecule has 0 aliphatic carbocycles. The summed E-state index contributed by atoms with van der Waals surface area (Å²) in [6.07, 6.45) is 1.63. The Balaban J connectivity index is 2.28. The summed E-state index contributed by atoms with van der Waals surface area (Å²) in [7, 11) is 0. The second-order valence-electron chi connectivity index (χ2n) is 4.15. The third-order valence-electron chi connectivity index (χ3n) is 2.99. The van der Waals surface area contributed by atoms with E-state index in [9.17, 15) is 5.11 Å². The fraction of sp³-hybridized carbons (Fsp3) is 0.500. The Kier molecular flexibility index (Phi) is 2.57. The highest BCUT2D eigenvalue weighted by Gasteiger charge is 2.30. The molecule has 0 radical (unpaired) electrons. The van der Waals surface area contributed by atoms with Gasteiger partial charge in [-0.3, -0.25) is 0 Å². The van der Waals surface area contributed by atoms with Gasteiger partial charge in [0.1, 0.15) is 0 Å². The monoisotopic (exact) mass is 191 g/mol. The molecule has 0 aromatic heterocycles. The van der Waals surface area contributed by atoms with Crippen molar-refractivity contribution in [2.24, 2.45) is 0 Å². The van der Waals surface area contributed by atoms with Crippen molar-refractivity contribution in [1.82, 2.24) is 5.32 Å². The zero-order valence-electron chi connectivity index (χ0n) is 8.59. The molecule has 2 N–H and O–H groups in total. The Morgan fingerprint density at radius 3 is 2.64 bits per heavy atom. The van der Waals surface area contributed by atoms with Gasteiger partial charge in [0.05, 0.1) is 5.60 Å². The Morgan fingerprint density at radius 2 is 2.00 bits per heavy atom. The van der Waals surface area contributed by atoms with Crippen LogP contribution in [0.4, 0.5) is 0 Å². The van der Waals surface area contributed by atoms with Crippen LogP contribution in [-0.4, -0.2) is 18.2 Å². The molecule has 1 saturated heterocycles. The average Bonchev–Trinajstić information content (AvgIpc) is 2.19. The summed E-state index contributed by atoms with van der Waals surface area (Å²) < 4.78 is 0. The summed E-state index contributed by atoms with van der Waals surface area (Å²) in [4.78, 5) is 0. The van der Waals surface area contributed by atoms with Crippen LogP contribution in [0.2, 0.25) is 0 Å². The Hall–Kier alpha value is -0.860. The molecule has 0 spiro atoms. The van der Waals surface area contributed by atoms with Crippen LogP contribution in [0.1, 0.15) is 24.0 Å². The largest absolute Gasteiger partial charge is 0.385 e. The maximum atomic E-state index is 10.4. The molecule has 0 atom stereocenters. The minimum absolute atomic E-state index is 0.600. The number of piperidine rings is 1. The Morgan fingerprint density at radius 1 is 1.29 bits per heavy atom. The normalized spacial score (nSPS) is 20.7. The summed E-state index contributed by atoms with van der Waals surface area (Å²) in [5.41, 5.74) is 1.69. The molecule has 2 heteroatoms. The molecule has 1 heterocycles. The first-order valence-electron chi connectivity index (χ1n) is 5.21. The molecule has 1 aromatic carbocycles. The van der Waals surface area contributed by atoms with Crippen molar-refractivity contribution in [2.45, 2.75) is 25.4 Å². The second-order valence-corrected chi connectivity index (χ2v) is 4.15. The molecule has 1 aliphatic rings. The van der Waals surface area contributed by atoms with Gasteiger partial charge in [-0.2, -0.15) is 0 Å². The third kappa shape index (κ3) is 1.81. The lowest BCUT2D eigenvalue weighted by atomic mass is 9.84. The van der Waals surface area contributed by atoms with Gasteiger partial charge in [-0.15, -0.1) is 0 Å². The summed E-state index contributed by atoms with van der Waals surface area (Å²) in [6.45, 7) is 3.88. The number of hydrogen-bond donors (Lipinski definition) is 2. The van der Waals surface area contributed by atoms with Crippen molar-refractivity contribution in [3.63, 3.8) is 0 Å². The highest BCUT2D eigenvalue weighted by Crippen LogP contribution is 2.30. The number of benzene rings is 1. The standard InChI is InChI=1S/C12H17NO/c1-10-3-2-4-11(9-10)12(14)5-7-13-8-6-12/h2-4,9,13-14H,5-8H2,1H3. The zero-order valence-corrected chi connectivity index (χ0v) is 8.59. The Bertz CT molecular complexity index is 316. The third-order valence-corrected chi connectivity index (χ3v) is 2.99. The number of aliphatic hydroxyl groups is 1. The van der Waals surface area contributed by atoms with Gasteiger partial charge < -0.3 is 10.4 Å². The van der Waals surface area contributed by atoms with Crippen molar-refractivity contribution in [3.05, 3.63) is 35.4 Å². The van der Waals surface area contributed by atoms with Gasteiger partial charge in [0, 0.05) is 0 Å². The van der Waals surface area contributed by atoms with Crippen LogP contribution in [0.3, 0.4) is 0 Å². The fourth-order valence-electron chi connectivity index (χ4n) is 2.06. The van der Waals surface area contributed by atoms with E-state index < -0.39 is 5.60 Å². The van der Waals surface area contributed by atoms with Crippen LogP contribution >= 0.6 is 0 Å². The van der Waals surface area contributed by atoms with Crippen LogP contribution < -0.4 is 5.32 Å². The van der Waals surface area contributed by atoms with Crippen molar-refractivity contribution >= 4 is 0 Å². The first kappa shape index (κ1) is 9.69. The van der Waals surface area contributed by atoms with Crippen molar-refractivity contribution in [3.8, 4) is 0 Å². The quantitative estimate of drug-likeness (QED) is 0.706. The van der Waals surface area contributed by atoms with Crippen LogP contribution in [0, 0.1) is 6.92 Å². The summed E-state index contributed by atoms with van der Waals surface area (Å²) >= 11 is 0. The molecule has 0 saturated carbocycles. The van der Waals surface area contributed by atoms with Gasteiger partial charge in [0.25, 0.3) is 0 Å². The fourth-order valence-corrected chi connectivity index (χ4v) is 2.06. The van der Waals surface area contributed by atoms with Gasteiger partial charge in [-0.25, -0.2) is 0 Å². The van der Waals surface area contributed by atoms with E-state index in [0.29, 0.717) is 0 Å². The van der Waals surface area contributed by atoms with E-state index in [-0.39, 0.29) is 0 Å². The lowest BCUT2D eigenvalue weighted by molar-refractivity contribution is 0.00589. The molecular weight excluding hydrogens is 174 g/mol. The van der Waals surface area contributed by atoms with Crippen LogP contribution in [0.25, 0.3) is 0 Å². The van der Waals surface area contributed by atoms with Crippen LogP contribution in [0.5, 0.6) is 0 Å². The number of nitrogens with one attached hydrogen (secondary N) is 1. The summed E-state index contributed by atoms with van der Waals surface area (Å²) in [5, 5.41) is 13.7. The molecule has 0 unspecified atom stereocenters. The Labute approximate surface area is 85.0 Å². The number of hydrogen-bond acceptors (Lipinski definition) is 2. The number of aryl methyl sites for hydroxylation is 1. The molecule has 0 bridgehead atoms. The van der Waals surface area contributed by atoms with E-state index in [1.807, 2.05) is 12.1 Å². The van der Waals surface area contributed by atoms with E-state index >= 15 is 0 Å². The SMILES string of the molecule is Cc1cccc(C2(O)CCNCC2)c1. The average molecular weight is 191 g/mol. The maximum absolute atomic E-state index is 10.4. The highest BCUT2D eigenvalue weighted by molar-refractivity contribution is 5.27. The molecule has 1 aromatic rings. The zero-order chi connectivity index (χ0) is 10.0. The van der Waals surface area contributed by atoms with E-state index in [1.54, 1.807) is 0 Å². The topological polar surface area (TPSA) is 32.3 Å².